The Bertz CT molecular complexity index is 657. The van der Waals surface area contributed by atoms with E-state index in [1.165, 1.54) is 11.1 Å². The molecule has 0 fully saturated rings. The van der Waals surface area contributed by atoms with Gasteiger partial charge in [-0.1, -0.05) is 24.3 Å². The third-order valence-electron chi connectivity index (χ3n) is 3.55. The van der Waals surface area contributed by atoms with Crippen molar-refractivity contribution < 1.29 is 9.53 Å². The number of rotatable bonds is 3. The predicted octanol–water partition coefficient (Wildman–Crippen LogP) is 2.22. The van der Waals surface area contributed by atoms with Gasteiger partial charge >= 0.3 is 5.97 Å². The van der Waals surface area contributed by atoms with Crippen LogP contribution in [0, 0.1) is 0 Å². The van der Waals surface area contributed by atoms with Gasteiger partial charge in [-0.15, -0.1) is 0 Å². The number of carbonyl (C=O) groups excluding carboxylic acids is 1. The van der Waals surface area contributed by atoms with E-state index in [2.05, 4.69) is 33.1 Å². The lowest BCUT2D eigenvalue weighted by molar-refractivity contribution is 0.0512. The quantitative estimate of drug-likeness (QED) is 0.808. The number of nitrogens with zero attached hydrogens (tertiary/aromatic N) is 3. The monoisotopic (exact) mass is 283 g/mol. The Morgan fingerprint density at radius 2 is 2.10 bits per heavy atom. The van der Waals surface area contributed by atoms with Gasteiger partial charge < -0.3 is 9.64 Å². The summed E-state index contributed by atoms with van der Waals surface area (Å²) in [6, 6.07) is 10.2. The van der Waals surface area contributed by atoms with E-state index in [1.807, 2.05) is 12.1 Å². The fourth-order valence-electron chi connectivity index (χ4n) is 2.51. The zero-order chi connectivity index (χ0) is 14.7. The standard InChI is InChI=1S/C16H17N3O2/c1-2-21-16(20)15-17-9-7-14(18-15)19-10-8-12-5-3-4-6-13(12)11-19/h3-7,9H,2,8,10-11H2,1H3. The molecule has 2 heterocycles. The zero-order valence-electron chi connectivity index (χ0n) is 12.0. The molecule has 0 aliphatic carbocycles. The molecule has 21 heavy (non-hydrogen) atoms. The van der Waals surface area contributed by atoms with Crippen LogP contribution in [0.5, 0.6) is 0 Å². The van der Waals surface area contributed by atoms with Crippen LogP contribution in [0.1, 0.15) is 28.7 Å². The molecule has 1 aliphatic heterocycles. The van der Waals surface area contributed by atoms with Gasteiger partial charge in [0.25, 0.3) is 0 Å². The number of esters is 1. The molecule has 0 N–H and O–H groups in total. The summed E-state index contributed by atoms with van der Waals surface area (Å²) in [7, 11) is 0. The van der Waals surface area contributed by atoms with Crippen LogP contribution in [0.15, 0.2) is 36.5 Å². The van der Waals surface area contributed by atoms with E-state index in [1.54, 1.807) is 13.1 Å². The number of fused-ring (bicyclic) bond motifs is 1. The van der Waals surface area contributed by atoms with Crippen molar-refractivity contribution in [3.05, 3.63) is 53.5 Å². The number of ether oxygens (including phenoxy) is 1. The van der Waals surface area contributed by atoms with Crippen LogP contribution in [0.4, 0.5) is 5.82 Å². The Balaban J connectivity index is 1.82. The number of benzene rings is 1. The lowest BCUT2D eigenvalue weighted by Gasteiger charge is -2.29. The van der Waals surface area contributed by atoms with Gasteiger partial charge in [-0.05, 0) is 30.5 Å². The van der Waals surface area contributed by atoms with Crippen molar-refractivity contribution in [1.82, 2.24) is 9.97 Å². The molecule has 0 unspecified atom stereocenters. The first-order chi connectivity index (χ1) is 10.3. The molecule has 0 saturated heterocycles. The van der Waals surface area contributed by atoms with Gasteiger partial charge in [0.05, 0.1) is 6.61 Å². The van der Waals surface area contributed by atoms with Gasteiger partial charge in [-0.2, -0.15) is 0 Å². The Kier molecular flexibility index (Phi) is 3.81. The summed E-state index contributed by atoms with van der Waals surface area (Å²) in [5.41, 5.74) is 2.69. The molecule has 0 spiro atoms. The topological polar surface area (TPSA) is 55.3 Å². The highest BCUT2D eigenvalue weighted by Gasteiger charge is 2.19. The third kappa shape index (κ3) is 2.86. The molecular weight excluding hydrogens is 266 g/mol. The molecule has 0 saturated carbocycles. The molecule has 0 amide bonds. The molecule has 0 atom stereocenters. The van der Waals surface area contributed by atoms with Crippen molar-refractivity contribution >= 4 is 11.8 Å². The van der Waals surface area contributed by atoms with Crippen LogP contribution in [-0.2, 0) is 17.7 Å². The molecule has 108 valence electrons. The minimum absolute atomic E-state index is 0.119. The van der Waals surface area contributed by atoms with E-state index in [-0.39, 0.29) is 5.82 Å². The fourth-order valence-corrected chi connectivity index (χ4v) is 2.51. The minimum Gasteiger partial charge on any atom is -0.460 e. The maximum absolute atomic E-state index is 11.7. The van der Waals surface area contributed by atoms with E-state index in [9.17, 15) is 4.79 Å². The van der Waals surface area contributed by atoms with Crippen molar-refractivity contribution in [2.24, 2.45) is 0 Å². The maximum Gasteiger partial charge on any atom is 0.376 e. The fraction of sp³-hybridized carbons (Fsp3) is 0.312. The average molecular weight is 283 g/mol. The number of aromatic nitrogens is 2. The van der Waals surface area contributed by atoms with Gasteiger partial charge in [-0.3, -0.25) is 0 Å². The van der Waals surface area contributed by atoms with Crippen LogP contribution >= 0.6 is 0 Å². The van der Waals surface area contributed by atoms with Gasteiger partial charge in [0.15, 0.2) is 0 Å². The van der Waals surface area contributed by atoms with Crippen LogP contribution in [-0.4, -0.2) is 29.1 Å². The molecule has 1 aliphatic rings. The van der Waals surface area contributed by atoms with E-state index in [0.29, 0.717) is 6.61 Å². The van der Waals surface area contributed by atoms with Gasteiger partial charge in [-0.25, -0.2) is 14.8 Å². The summed E-state index contributed by atoms with van der Waals surface area (Å²) < 4.78 is 4.94. The number of carbonyl (C=O) groups is 1. The largest absolute Gasteiger partial charge is 0.460 e. The van der Waals surface area contributed by atoms with E-state index in [0.717, 1.165) is 25.3 Å². The molecule has 3 rings (SSSR count). The van der Waals surface area contributed by atoms with Crippen molar-refractivity contribution in [1.29, 1.82) is 0 Å². The summed E-state index contributed by atoms with van der Waals surface area (Å²) in [5, 5.41) is 0. The Hall–Kier alpha value is -2.43. The third-order valence-corrected chi connectivity index (χ3v) is 3.55. The summed E-state index contributed by atoms with van der Waals surface area (Å²) >= 11 is 0. The molecule has 1 aromatic carbocycles. The second kappa shape index (κ2) is 5.91. The summed E-state index contributed by atoms with van der Waals surface area (Å²) in [4.78, 5) is 22.2. The lowest BCUT2D eigenvalue weighted by Crippen LogP contribution is -2.31. The summed E-state index contributed by atoms with van der Waals surface area (Å²) in [6.07, 6.45) is 2.59. The van der Waals surface area contributed by atoms with Crippen LogP contribution in [0.2, 0.25) is 0 Å². The van der Waals surface area contributed by atoms with E-state index < -0.39 is 5.97 Å². The molecule has 5 nitrogen and oxygen atoms in total. The van der Waals surface area contributed by atoms with Gasteiger partial charge in [0.2, 0.25) is 5.82 Å². The average Bonchev–Trinajstić information content (AvgIpc) is 2.55. The Morgan fingerprint density at radius 1 is 1.29 bits per heavy atom. The van der Waals surface area contributed by atoms with E-state index in [4.69, 9.17) is 4.74 Å². The molecule has 0 bridgehead atoms. The number of hydrogen-bond donors (Lipinski definition) is 0. The first-order valence-electron chi connectivity index (χ1n) is 7.10. The Morgan fingerprint density at radius 3 is 2.90 bits per heavy atom. The first kappa shape index (κ1) is 13.5. The van der Waals surface area contributed by atoms with Crippen LogP contribution in [0.25, 0.3) is 0 Å². The highest BCUT2D eigenvalue weighted by atomic mass is 16.5. The van der Waals surface area contributed by atoms with Crippen molar-refractivity contribution in [3.63, 3.8) is 0 Å². The first-order valence-corrected chi connectivity index (χ1v) is 7.10. The Labute approximate surface area is 123 Å². The summed E-state index contributed by atoms with van der Waals surface area (Å²) in [5.74, 6) is 0.410. The second-order valence-electron chi connectivity index (χ2n) is 4.90. The molecular formula is C16H17N3O2. The SMILES string of the molecule is CCOC(=O)c1nccc(N2CCc3ccccc3C2)n1. The maximum atomic E-state index is 11.7. The predicted molar refractivity (Wildman–Crippen MR) is 79.2 cm³/mol. The van der Waals surface area contributed by atoms with Gasteiger partial charge in [0.1, 0.15) is 5.82 Å². The molecule has 0 radical (unpaired) electrons. The normalized spacial score (nSPS) is 13.7. The zero-order valence-corrected chi connectivity index (χ0v) is 12.0. The number of anilines is 1. The molecule has 2 aromatic rings. The summed E-state index contributed by atoms with van der Waals surface area (Å²) in [6.45, 7) is 3.78. The highest BCUT2D eigenvalue weighted by Crippen LogP contribution is 2.22. The van der Waals surface area contributed by atoms with Crippen molar-refractivity contribution in [2.75, 3.05) is 18.1 Å². The lowest BCUT2D eigenvalue weighted by atomic mass is 10.00. The van der Waals surface area contributed by atoms with E-state index >= 15 is 0 Å². The van der Waals surface area contributed by atoms with Crippen LogP contribution < -0.4 is 4.90 Å². The van der Waals surface area contributed by atoms with Crippen molar-refractivity contribution in [2.45, 2.75) is 19.9 Å². The minimum atomic E-state index is -0.475. The van der Waals surface area contributed by atoms with Crippen molar-refractivity contribution in [3.8, 4) is 0 Å². The highest BCUT2D eigenvalue weighted by molar-refractivity contribution is 5.85. The van der Waals surface area contributed by atoms with Gasteiger partial charge in [0, 0.05) is 19.3 Å². The smallest absolute Gasteiger partial charge is 0.376 e. The number of hydrogen-bond acceptors (Lipinski definition) is 5. The van der Waals surface area contributed by atoms with Crippen LogP contribution in [0.3, 0.4) is 0 Å². The molecule has 1 aromatic heterocycles. The second-order valence-corrected chi connectivity index (χ2v) is 4.90. The molecule has 5 heteroatoms.